The molecule has 0 amide bonds. The van der Waals surface area contributed by atoms with Gasteiger partial charge in [-0.1, -0.05) is 36.4 Å². The van der Waals surface area contributed by atoms with Crippen LogP contribution in [0.3, 0.4) is 0 Å². The molecular formula is C20H27N3O2. The predicted octanol–water partition coefficient (Wildman–Crippen LogP) is 3.02. The number of hydrogen-bond donors (Lipinski definition) is 2. The fourth-order valence-electron chi connectivity index (χ4n) is 2.50. The Labute approximate surface area is 150 Å². The molecule has 2 rings (SSSR count). The molecule has 2 aromatic rings. The molecule has 0 aliphatic rings. The van der Waals surface area contributed by atoms with Gasteiger partial charge in [-0.25, -0.2) is 0 Å². The number of benzene rings is 2. The zero-order chi connectivity index (χ0) is 18.1. The highest BCUT2D eigenvalue weighted by molar-refractivity contribution is 5.79. The van der Waals surface area contributed by atoms with E-state index in [0.717, 1.165) is 17.3 Å². The summed E-state index contributed by atoms with van der Waals surface area (Å²) in [5.41, 5.74) is 4.64. The monoisotopic (exact) mass is 341 g/mol. The molecule has 0 saturated heterocycles. The van der Waals surface area contributed by atoms with Gasteiger partial charge in [-0.2, -0.15) is 0 Å². The third-order valence-corrected chi connectivity index (χ3v) is 3.91. The molecule has 0 heterocycles. The number of nitrogens with one attached hydrogen (secondary N) is 2. The van der Waals surface area contributed by atoms with Crippen LogP contribution in [0.2, 0.25) is 0 Å². The second-order valence-corrected chi connectivity index (χ2v) is 5.84. The van der Waals surface area contributed by atoms with Gasteiger partial charge in [-0.3, -0.25) is 4.99 Å². The van der Waals surface area contributed by atoms with Crippen molar-refractivity contribution in [2.75, 3.05) is 21.3 Å². The summed E-state index contributed by atoms with van der Waals surface area (Å²) in [6.07, 6.45) is 0. The summed E-state index contributed by atoms with van der Waals surface area (Å²) in [5, 5.41) is 6.64. The molecule has 0 saturated carbocycles. The molecule has 2 N–H and O–H groups in total. The molecule has 5 nitrogen and oxygen atoms in total. The number of guanidine groups is 1. The van der Waals surface area contributed by atoms with E-state index in [1.165, 1.54) is 16.7 Å². The van der Waals surface area contributed by atoms with E-state index in [-0.39, 0.29) is 0 Å². The Morgan fingerprint density at radius 3 is 2.28 bits per heavy atom. The maximum Gasteiger partial charge on any atom is 0.191 e. The van der Waals surface area contributed by atoms with Crippen LogP contribution in [0, 0.1) is 6.92 Å². The highest BCUT2D eigenvalue weighted by atomic mass is 16.5. The molecule has 5 heteroatoms. The average Bonchev–Trinajstić information content (AvgIpc) is 2.64. The molecule has 0 aliphatic carbocycles. The van der Waals surface area contributed by atoms with Crippen molar-refractivity contribution in [1.29, 1.82) is 0 Å². The minimum Gasteiger partial charge on any atom is -0.496 e. The Balaban J connectivity index is 1.88. The van der Waals surface area contributed by atoms with Crippen molar-refractivity contribution in [1.82, 2.24) is 10.6 Å². The Hall–Kier alpha value is -2.53. The third-order valence-electron chi connectivity index (χ3n) is 3.91. The molecular weight excluding hydrogens is 314 g/mol. The lowest BCUT2D eigenvalue weighted by molar-refractivity contribution is 0.185. The van der Waals surface area contributed by atoms with Crippen LogP contribution in [-0.2, 0) is 24.4 Å². The first-order valence-corrected chi connectivity index (χ1v) is 8.31. The molecule has 0 atom stereocenters. The second kappa shape index (κ2) is 9.69. The van der Waals surface area contributed by atoms with E-state index in [4.69, 9.17) is 9.47 Å². The quantitative estimate of drug-likeness (QED) is 0.600. The lowest BCUT2D eigenvalue weighted by Crippen LogP contribution is -2.36. The van der Waals surface area contributed by atoms with E-state index in [1.807, 2.05) is 6.07 Å². The first-order valence-electron chi connectivity index (χ1n) is 8.31. The van der Waals surface area contributed by atoms with Gasteiger partial charge >= 0.3 is 0 Å². The van der Waals surface area contributed by atoms with E-state index in [0.29, 0.717) is 19.7 Å². The topological polar surface area (TPSA) is 54.9 Å². The van der Waals surface area contributed by atoms with Crippen LogP contribution in [0.5, 0.6) is 5.75 Å². The van der Waals surface area contributed by atoms with E-state index in [9.17, 15) is 0 Å². The number of aliphatic imine (C=N–C) groups is 1. The summed E-state index contributed by atoms with van der Waals surface area (Å²) in [7, 11) is 5.16. The number of methoxy groups -OCH3 is 2. The SMILES string of the molecule is CN=C(NCc1ccc(COC)cc1)NCc1ccc(C)cc1OC. The molecule has 134 valence electrons. The zero-order valence-corrected chi connectivity index (χ0v) is 15.4. The van der Waals surface area contributed by atoms with Crippen LogP contribution in [0.4, 0.5) is 0 Å². The normalized spacial score (nSPS) is 11.3. The Morgan fingerprint density at radius 2 is 1.64 bits per heavy atom. The molecule has 0 aliphatic heterocycles. The van der Waals surface area contributed by atoms with Crippen LogP contribution in [0.15, 0.2) is 47.5 Å². The van der Waals surface area contributed by atoms with Crippen LogP contribution in [0.1, 0.15) is 22.3 Å². The summed E-state index contributed by atoms with van der Waals surface area (Å²) < 4.78 is 10.6. The van der Waals surface area contributed by atoms with Crippen LogP contribution in [0.25, 0.3) is 0 Å². The van der Waals surface area contributed by atoms with Gasteiger partial charge in [0.25, 0.3) is 0 Å². The van der Waals surface area contributed by atoms with Crippen LogP contribution >= 0.6 is 0 Å². The number of ether oxygens (including phenoxy) is 2. The van der Waals surface area contributed by atoms with Gasteiger partial charge in [0.15, 0.2) is 5.96 Å². The molecule has 0 radical (unpaired) electrons. The smallest absolute Gasteiger partial charge is 0.191 e. The summed E-state index contributed by atoms with van der Waals surface area (Å²) in [6, 6.07) is 14.5. The molecule has 0 bridgehead atoms. The maximum absolute atomic E-state index is 5.44. The predicted molar refractivity (Wildman–Crippen MR) is 102 cm³/mol. The Bertz CT molecular complexity index is 697. The zero-order valence-electron chi connectivity index (χ0n) is 15.4. The summed E-state index contributed by atoms with van der Waals surface area (Å²) in [5.74, 6) is 1.64. The standard InChI is InChI=1S/C20H27N3O2/c1-15-5-10-18(19(11-15)25-4)13-23-20(21-2)22-12-16-6-8-17(9-7-16)14-24-3/h5-11H,12-14H2,1-4H3,(H2,21,22,23). The number of rotatable bonds is 7. The first kappa shape index (κ1) is 18.8. The summed E-state index contributed by atoms with van der Waals surface area (Å²) >= 11 is 0. The van der Waals surface area contributed by atoms with Gasteiger partial charge in [0.1, 0.15) is 5.75 Å². The van der Waals surface area contributed by atoms with Gasteiger partial charge in [-0.15, -0.1) is 0 Å². The fraction of sp³-hybridized carbons (Fsp3) is 0.350. The van der Waals surface area contributed by atoms with Crippen molar-refractivity contribution in [3.8, 4) is 5.75 Å². The molecule has 0 spiro atoms. The number of hydrogen-bond acceptors (Lipinski definition) is 3. The highest BCUT2D eigenvalue weighted by Gasteiger charge is 2.05. The molecule has 0 aromatic heterocycles. The lowest BCUT2D eigenvalue weighted by Gasteiger charge is -2.14. The van der Waals surface area contributed by atoms with Crippen molar-refractivity contribution < 1.29 is 9.47 Å². The Kier molecular flexibility index (Phi) is 7.29. The highest BCUT2D eigenvalue weighted by Crippen LogP contribution is 2.19. The third kappa shape index (κ3) is 5.80. The van der Waals surface area contributed by atoms with Crippen molar-refractivity contribution in [2.45, 2.75) is 26.6 Å². The van der Waals surface area contributed by atoms with Gasteiger partial charge < -0.3 is 20.1 Å². The minimum absolute atomic E-state index is 0.634. The summed E-state index contributed by atoms with van der Waals surface area (Å²) in [4.78, 5) is 4.27. The molecule has 0 unspecified atom stereocenters. The van der Waals surface area contributed by atoms with Gasteiger partial charge in [0.2, 0.25) is 0 Å². The second-order valence-electron chi connectivity index (χ2n) is 5.84. The summed E-state index contributed by atoms with van der Waals surface area (Å²) in [6.45, 7) is 4.04. The van der Waals surface area contributed by atoms with Crippen LogP contribution < -0.4 is 15.4 Å². The lowest BCUT2D eigenvalue weighted by atomic mass is 10.1. The molecule has 0 fully saturated rings. The van der Waals surface area contributed by atoms with Crippen molar-refractivity contribution >= 4 is 5.96 Å². The molecule has 25 heavy (non-hydrogen) atoms. The number of nitrogens with zero attached hydrogens (tertiary/aromatic N) is 1. The van der Waals surface area contributed by atoms with Crippen molar-refractivity contribution in [3.05, 3.63) is 64.7 Å². The van der Waals surface area contributed by atoms with Gasteiger partial charge in [0.05, 0.1) is 13.7 Å². The minimum atomic E-state index is 0.634. The van der Waals surface area contributed by atoms with E-state index in [2.05, 4.69) is 58.9 Å². The average molecular weight is 341 g/mol. The van der Waals surface area contributed by atoms with E-state index >= 15 is 0 Å². The van der Waals surface area contributed by atoms with E-state index in [1.54, 1.807) is 21.3 Å². The fourth-order valence-corrected chi connectivity index (χ4v) is 2.50. The number of aryl methyl sites for hydroxylation is 1. The van der Waals surface area contributed by atoms with Gasteiger partial charge in [-0.05, 0) is 29.7 Å². The first-order chi connectivity index (χ1) is 12.2. The Morgan fingerprint density at radius 1 is 0.960 bits per heavy atom. The molecule has 2 aromatic carbocycles. The van der Waals surface area contributed by atoms with Gasteiger partial charge in [0, 0.05) is 32.8 Å². The largest absolute Gasteiger partial charge is 0.496 e. The van der Waals surface area contributed by atoms with Crippen molar-refractivity contribution in [2.24, 2.45) is 4.99 Å². The van der Waals surface area contributed by atoms with Crippen LogP contribution in [-0.4, -0.2) is 27.2 Å². The van der Waals surface area contributed by atoms with E-state index < -0.39 is 0 Å². The van der Waals surface area contributed by atoms with Crippen molar-refractivity contribution in [3.63, 3.8) is 0 Å². The maximum atomic E-state index is 5.44.